The van der Waals surface area contributed by atoms with Crippen molar-refractivity contribution in [3.05, 3.63) is 39.7 Å². The summed E-state index contributed by atoms with van der Waals surface area (Å²) in [6.45, 7) is 2.02. The van der Waals surface area contributed by atoms with Crippen molar-refractivity contribution in [2.24, 2.45) is 23.8 Å². The number of carboxylic acids is 1. The van der Waals surface area contributed by atoms with E-state index in [0.29, 0.717) is 54.1 Å². The fourth-order valence-corrected chi connectivity index (χ4v) is 7.63. The molecule has 2 aliphatic carbocycles. The molecule has 6 rings (SSSR count). The fraction of sp³-hybridized carbons (Fsp3) is 0.633. The SMILES string of the molecule is Cn1nnc(COc2ccc(Cl)c3c2[C@@H](CN2CC4(CC4)CC2=O)N(C(=O)[C@@H]2CCC[C@@H](O)[C@]2(C)C(=O)O)CC3)c1C(F)F. The van der Waals surface area contributed by atoms with Crippen LogP contribution < -0.4 is 4.74 Å². The van der Waals surface area contributed by atoms with Gasteiger partial charge < -0.3 is 24.7 Å². The van der Waals surface area contributed by atoms with Gasteiger partial charge in [0.1, 0.15) is 29.2 Å². The molecule has 4 atom stereocenters. The van der Waals surface area contributed by atoms with Crippen LogP contribution in [0.25, 0.3) is 0 Å². The van der Waals surface area contributed by atoms with Crippen LogP contribution >= 0.6 is 11.6 Å². The lowest BCUT2D eigenvalue weighted by Gasteiger charge is -2.46. The highest BCUT2D eigenvalue weighted by Crippen LogP contribution is 2.54. The van der Waals surface area contributed by atoms with Crippen LogP contribution in [0.15, 0.2) is 12.1 Å². The molecule has 2 aromatic rings. The normalized spacial score (nSPS) is 27.6. The van der Waals surface area contributed by atoms with Crippen LogP contribution in [-0.4, -0.2) is 78.5 Å². The molecule has 1 spiro atoms. The largest absolute Gasteiger partial charge is 0.487 e. The Balaban J connectivity index is 1.39. The van der Waals surface area contributed by atoms with Gasteiger partial charge in [0.25, 0.3) is 6.43 Å². The van der Waals surface area contributed by atoms with E-state index in [0.717, 1.165) is 17.5 Å². The number of rotatable bonds is 8. The number of carbonyl (C=O) groups is 3. The average molecular weight is 636 g/mol. The number of benzene rings is 1. The first-order valence-corrected chi connectivity index (χ1v) is 15.3. The van der Waals surface area contributed by atoms with Gasteiger partial charge in [-0.3, -0.25) is 14.4 Å². The van der Waals surface area contributed by atoms with E-state index in [4.69, 9.17) is 16.3 Å². The molecule has 1 aromatic heterocycles. The molecule has 1 saturated heterocycles. The lowest BCUT2D eigenvalue weighted by molar-refractivity contribution is -0.173. The molecular formula is C30H36ClF2N5O6. The molecule has 11 nitrogen and oxygen atoms in total. The molecule has 2 aliphatic heterocycles. The molecular weight excluding hydrogens is 600 g/mol. The second kappa shape index (κ2) is 11.2. The number of likely N-dealkylation sites (tertiary alicyclic amines) is 1. The molecule has 0 bridgehead atoms. The highest BCUT2D eigenvalue weighted by Gasteiger charge is 2.56. The molecule has 2 N–H and O–H groups in total. The topological polar surface area (TPSA) is 138 Å². The number of fused-ring (bicyclic) bond motifs is 1. The molecule has 0 unspecified atom stereocenters. The van der Waals surface area contributed by atoms with Crippen molar-refractivity contribution in [1.29, 1.82) is 0 Å². The quantitative estimate of drug-likeness (QED) is 0.448. The predicted octanol–water partition coefficient (Wildman–Crippen LogP) is 3.68. The van der Waals surface area contributed by atoms with Gasteiger partial charge in [-0.15, -0.1) is 5.10 Å². The van der Waals surface area contributed by atoms with Crippen LogP contribution in [0.2, 0.25) is 5.02 Å². The molecule has 1 aromatic carbocycles. The minimum absolute atomic E-state index is 0.0175. The highest BCUT2D eigenvalue weighted by atomic mass is 35.5. The van der Waals surface area contributed by atoms with E-state index in [1.54, 1.807) is 21.9 Å². The van der Waals surface area contributed by atoms with Gasteiger partial charge in [-0.2, -0.15) is 0 Å². The number of carboxylic acid groups (broad SMARTS) is 1. The Morgan fingerprint density at radius 2 is 2.00 bits per heavy atom. The van der Waals surface area contributed by atoms with Crippen molar-refractivity contribution >= 4 is 29.4 Å². The molecule has 44 heavy (non-hydrogen) atoms. The zero-order valence-corrected chi connectivity index (χ0v) is 25.4. The Morgan fingerprint density at radius 3 is 2.66 bits per heavy atom. The van der Waals surface area contributed by atoms with Gasteiger partial charge in [-0.25, -0.2) is 13.5 Å². The van der Waals surface area contributed by atoms with E-state index >= 15 is 0 Å². The summed E-state index contributed by atoms with van der Waals surface area (Å²) in [5.41, 5.74) is -0.869. The summed E-state index contributed by atoms with van der Waals surface area (Å²) in [6, 6.07) is 2.51. The third-order valence-electron chi connectivity index (χ3n) is 10.3. The van der Waals surface area contributed by atoms with Crippen molar-refractivity contribution in [3.8, 4) is 5.75 Å². The van der Waals surface area contributed by atoms with Gasteiger partial charge in [0.15, 0.2) is 0 Å². The molecule has 0 radical (unpaired) electrons. The van der Waals surface area contributed by atoms with Gasteiger partial charge in [-0.1, -0.05) is 23.2 Å². The van der Waals surface area contributed by atoms with Gasteiger partial charge in [0, 0.05) is 43.7 Å². The maximum absolute atomic E-state index is 14.4. The van der Waals surface area contributed by atoms with E-state index < -0.39 is 41.8 Å². The van der Waals surface area contributed by atoms with E-state index in [9.17, 15) is 33.4 Å². The molecule has 14 heteroatoms. The van der Waals surface area contributed by atoms with Crippen LogP contribution in [0.5, 0.6) is 5.75 Å². The molecule has 2 amide bonds. The molecule has 238 valence electrons. The van der Waals surface area contributed by atoms with Gasteiger partial charge in [0.05, 0.1) is 18.1 Å². The fourth-order valence-electron chi connectivity index (χ4n) is 7.37. The average Bonchev–Trinajstić information content (AvgIpc) is 3.51. The minimum Gasteiger partial charge on any atom is -0.487 e. The summed E-state index contributed by atoms with van der Waals surface area (Å²) >= 11 is 6.67. The third kappa shape index (κ3) is 5.11. The summed E-state index contributed by atoms with van der Waals surface area (Å²) in [6.07, 6.45) is -0.263. The van der Waals surface area contributed by atoms with Gasteiger partial charge in [0.2, 0.25) is 11.8 Å². The number of alkyl halides is 2. The van der Waals surface area contributed by atoms with E-state index in [1.165, 1.54) is 14.0 Å². The molecule has 2 saturated carbocycles. The summed E-state index contributed by atoms with van der Waals surface area (Å²) in [5.74, 6) is -2.37. The Hall–Kier alpha value is -3.32. The Bertz CT molecular complexity index is 1500. The Morgan fingerprint density at radius 1 is 1.25 bits per heavy atom. The Labute approximate surface area is 258 Å². The lowest BCUT2D eigenvalue weighted by Crippen LogP contribution is -2.56. The number of aliphatic hydroxyl groups is 1. The van der Waals surface area contributed by atoms with Crippen LogP contribution in [0.1, 0.15) is 80.4 Å². The van der Waals surface area contributed by atoms with Crippen molar-refractivity contribution in [2.45, 2.75) is 77.0 Å². The van der Waals surface area contributed by atoms with Crippen LogP contribution in [-0.2, 0) is 34.5 Å². The monoisotopic (exact) mass is 635 g/mol. The zero-order chi connectivity index (χ0) is 31.6. The van der Waals surface area contributed by atoms with Crippen LogP contribution in [0.3, 0.4) is 0 Å². The summed E-state index contributed by atoms with van der Waals surface area (Å²) in [7, 11) is 1.37. The Kier molecular flexibility index (Phi) is 7.84. The van der Waals surface area contributed by atoms with Crippen molar-refractivity contribution in [2.75, 3.05) is 19.6 Å². The maximum Gasteiger partial charge on any atom is 0.312 e. The number of halogens is 3. The number of aromatic nitrogens is 3. The summed E-state index contributed by atoms with van der Waals surface area (Å²) in [4.78, 5) is 43.4. The number of aliphatic hydroxyl groups excluding tert-OH is 1. The molecule has 4 aliphatic rings. The minimum atomic E-state index is -2.82. The van der Waals surface area contributed by atoms with Crippen LogP contribution in [0.4, 0.5) is 8.78 Å². The third-order valence-corrected chi connectivity index (χ3v) is 10.6. The number of nitrogens with zero attached hydrogens (tertiary/aromatic N) is 5. The number of amides is 2. The number of aliphatic carboxylic acids is 1. The van der Waals surface area contributed by atoms with Gasteiger partial charge >= 0.3 is 5.97 Å². The van der Waals surface area contributed by atoms with Crippen molar-refractivity contribution in [1.82, 2.24) is 24.8 Å². The van der Waals surface area contributed by atoms with E-state index in [-0.39, 0.29) is 48.8 Å². The lowest BCUT2D eigenvalue weighted by atomic mass is 9.64. The number of hydrogen-bond donors (Lipinski definition) is 2. The summed E-state index contributed by atoms with van der Waals surface area (Å²) in [5, 5.41) is 28.9. The standard InChI is InChI=1S/C30H36ClF2N5O6/c1-29(28(42)43)17(4-3-5-22(29)39)27(41)38-11-8-16-18(31)6-7-21(44-14-19-25(26(32)33)36(2)35-34-19)24(16)20(38)13-37-15-30(9-10-30)12-23(37)40/h6-7,17,20,22,26,39H,3-5,8-15H2,1-2H3,(H,42,43)/t17-,20+,22+,29+/m0/s1. The van der Waals surface area contributed by atoms with Crippen molar-refractivity contribution in [3.63, 3.8) is 0 Å². The molecule has 3 heterocycles. The van der Waals surface area contributed by atoms with Gasteiger partial charge in [-0.05, 0) is 62.1 Å². The maximum atomic E-state index is 14.4. The predicted molar refractivity (Wildman–Crippen MR) is 152 cm³/mol. The van der Waals surface area contributed by atoms with Crippen LogP contribution in [0, 0.1) is 16.7 Å². The zero-order valence-electron chi connectivity index (χ0n) is 24.6. The second-order valence-electron chi connectivity index (χ2n) is 12.9. The smallest absolute Gasteiger partial charge is 0.312 e. The second-order valence-corrected chi connectivity index (χ2v) is 13.3. The number of ether oxygens (including phenoxy) is 1. The first kappa shape index (κ1) is 30.7. The molecule has 3 fully saturated rings. The highest BCUT2D eigenvalue weighted by molar-refractivity contribution is 6.31. The van der Waals surface area contributed by atoms with Crippen molar-refractivity contribution < 1.29 is 38.1 Å². The van der Waals surface area contributed by atoms with E-state index in [2.05, 4.69) is 10.3 Å². The first-order chi connectivity index (χ1) is 20.9. The number of hydrogen-bond acceptors (Lipinski definition) is 7. The first-order valence-electron chi connectivity index (χ1n) is 15.0. The van der Waals surface area contributed by atoms with E-state index in [1.807, 2.05) is 0 Å². The number of carbonyl (C=O) groups excluding carboxylic acids is 2. The number of aryl methyl sites for hydroxylation is 1. The summed E-state index contributed by atoms with van der Waals surface area (Å²) < 4.78 is 34.5.